The lowest BCUT2D eigenvalue weighted by molar-refractivity contribution is 0.341. The Labute approximate surface area is 229 Å². The van der Waals surface area contributed by atoms with Crippen LogP contribution in [0, 0.1) is 23.5 Å². The first-order valence-corrected chi connectivity index (χ1v) is 13.8. The topological polar surface area (TPSA) is 67.7 Å². The number of halogens is 4. The average molecular weight is 557 g/mol. The van der Waals surface area contributed by atoms with Crippen LogP contribution in [0.1, 0.15) is 36.8 Å². The van der Waals surface area contributed by atoms with Crippen molar-refractivity contribution < 1.29 is 8.78 Å². The zero-order valence-corrected chi connectivity index (χ0v) is 22.3. The molecule has 10 heteroatoms. The molecule has 1 aliphatic carbocycles. The maximum absolute atomic E-state index is 13.6. The SMILES string of the molecule is Fc1ccc(CNc2ncc3nc(-c4c(Cl)cc(CC5CC5)cc4Cl)n(CC4CCCNC4)c3n2)cc1F. The Morgan fingerprint density at radius 1 is 0.974 bits per heavy atom. The number of hydrogen-bond donors (Lipinski definition) is 2. The van der Waals surface area contributed by atoms with Crippen molar-refractivity contribution in [2.75, 3.05) is 18.4 Å². The van der Waals surface area contributed by atoms with Gasteiger partial charge in [-0.3, -0.25) is 0 Å². The third-order valence-electron chi connectivity index (χ3n) is 7.31. The van der Waals surface area contributed by atoms with Crippen LogP contribution in [-0.2, 0) is 19.5 Å². The Balaban J connectivity index is 1.36. The van der Waals surface area contributed by atoms with Crippen LogP contribution < -0.4 is 10.6 Å². The fourth-order valence-electron chi connectivity index (χ4n) is 5.15. The van der Waals surface area contributed by atoms with Crippen molar-refractivity contribution in [3.8, 4) is 11.4 Å². The first kappa shape index (κ1) is 25.5. The smallest absolute Gasteiger partial charge is 0.225 e. The van der Waals surface area contributed by atoms with Crippen molar-refractivity contribution in [2.45, 2.75) is 45.2 Å². The van der Waals surface area contributed by atoms with Crippen molar-refractivity contribution >= 4 is 40.3 Å². The molecule has 1 saturated carbocycles. The van der Waals surface area contributed by atoms with E-state index in [1.807, 2.05) is 12.1 Å². The van der Waals surface area contributed by atoms with E-state index in [1.165, 1.54) is 18.9 Å². The first-order chi connectivity index (χ1) is 18.4. The molecule has 2 N–H and O–H groups in total. The summed E-state index contributed by atoms with van der Waals surface area (Å²) in [6.45, 7) is 2.88. The summed E-state index contributed by atoms with van der Waals surface area (Å²) in [5.74, 6) is 0.405. The number of piperidine rings is 1. The Bertz CT molecular complexity index is 1460. The second kappa shape index (κ2) is 10.8. The van der Waals surface area contributed by atoms with Gasteiger partial charge in [0.25, 0.3) is 0 Å². The molecule has 0 amide bonds. The molecule has 3 heterocycles. The fourth-order valence-corrected chi connectivity index (χ4v) is 5.85. The van der Waals surface area contributed by atoms with Crippen LogP contribution in [-0.4, -0.2) is 32.6 Å². The first-order valence-electron chi connectivity index (χ1n) is 13.0. The third-order valence-corrected chi connectivity index (χ3v) is 7.91. The standard InChI is InChI=1S/C28H28Cl2F2N6/c29-20-9-19(8-16-3-4-16)10-21(30)25(20)27-36-24-14-35-28(34-13-17-5-6-22(31)23(32)11-17)37-26(24)38(27)15-18-2-1-7-33-12-18/h5-6,9-11,14,16,18,33H,1-4,7-8,12-13,15H2,(H,34,35,37). The quantitative estimate of drug-likeness (QED) is 0.254. The number of imidazole rings is 1. The molecule has 1 aliphatic heterocycles. The van der Waals surface area contributed by atoms with Gasteiger partial charge in [-0.05, 0) is 92.4 Å². The van der Waals surface area contributed by atoms with Crippen LogP contribution in [0.4, 0.5) is 14.7 Å². The van der Waals surface area contributed by atoms with Crippen LogP contribution in [0.3, 0.4) is 0 Å². The zero-order valence-electron chi connectivity index (χ0n) is 20.8. The van der Waals surface area contributed by atoms with E-state index in [1.54, 1.807) is 6.20 Å². The number of anilines is 1. The molecule has 1 unspecified atom stereocenters. The summed E-state index contributed by atoms with van der Waals surface area (Å²) in [5.41, 5.74) is 3.73. The van der Waals surface area contributed by atoms with Gasteiger partial charge in [-0.2, -0.15) is 4.98 Å². The average Bonchev–Trinajstić information content (AvgIpc) is 3.65. The molecule has 0 radical (unpaired) electrons. The number of aromatic nitrogens is 4. The molecule has 0 spiro atoms. The number of nitrogens with zero attached hydrogens (tertiary/aromatic N) is 4. The highest BCUT2D eigenvalue weighted by Crippen LogP contribution is 2.40. The maximum atomic E-state index is 13.6. The Morgan fingerprint density at radius 3 is 2.50 bits per heavy atom. The predicted octanol–water partition coefficient (Wildman–Crippen LogP) is 6.64. The van der Waals surface area contributed by atoms with E-state index in [-0.39, 0.29) is 6.54 Å². The van der Waals surface area contributed by atoms with Crippen LogP contribution in [0.5, 0.6) is 0 Å². The summed E-state index contributed by atoms with van der Waals surface area (Å²) < 4.78 is 29.0. The molecule has 6 rings (SSSR count). The lowest BCUT2D eigenvalue weighted by Crippen LogP contribution is -2.32. The Kier molecular flexibility index (Phi) is 7.20. The van der Waals surface area contributed by atoms with E-state index in [0.717, 1.165) is 56.0 Å². The molecule has 2 aliphatic rings. The minimum atomic E-state index is -0.888. The summed E-state index contributed by atoms with van der Waals surface area (Å²) >= 11 is 13.7. The highest BCUT2D eigenvalue weighted by atomic mass is 35.5. The Hall–Kier alpha value is -2.81. The summed E-state index contributed by atoms with van der Waals surface area (Å²) in [6.07, 6.45) is 7.38. The molecule has 38 heavy (non-hydrogen) atoms. The van der Waals surface area contributed by atoms with Gasteiger partial charge < -0.3 is 15.2 Å². The van der Waals surface area contributed by atoms with Gasteiger partial charge in [-0.25, -0.2) is 18.7 Å². The third kappa shape index (κ3) is 5.48. The van der Waals surface area contributed by atoms with Crippen LogP contribution in [0.15, 0.2) is 36.5 Å². The van der Waals surface area contributed by atoms with Crippen LogP contribution in [0.2, 0.25) is 10.0 Å². The molecule has 2 fully saturated rings. The van der Waals surface area contributed by atoms with E-state index < -0.39 is 11.6 Å². The zero-order chi connectivity index (χ0) is 26.2. The monoisotopic (exact) mass is 556 g/mol. The molecule has 6 nitrogen and oxygen atoms in total. The van der Waals surface area contributed by atoms with Gasteiger partial charge in [-0.1, -0.05) is 29.3 Å². The number of fused-ring (bicyclic) bond motifs is 1. The molecule has 2 aromatic carbocycles. The van der Waals surface area contributed by atoms with Crippen molar-refractivity contribution in [3.63, 3.8) is 0 Å². The number of hydrogen-bond acceptors (Lipinski definition) is 5. The van der Waals surface area contributed by atoms with Crippen LogP contribution >= 0.6 is 23.2 Å². The highest BCUT2D eigenvalue weighted by molar-refractivity contribution is 6.39. The van der Waals surface area contributed by atoms with Gasteiger partial charge >= 0.3 is 0 Å². The molecule has 198 valence electrons. The number of benzene rings is 2. The van der Waals surface area contributed by atoms with Gasteiger partial charge in [-0.15, -0.1) is 0 Å². The molecular weight excluding hydrogens is 529 g/mol. The molecule has 1 atom stereocenters. The normalized spacial score (nSPS) is 17.7. The van der Waals surface area contributed by atoms with E-state index in [4.69, 9.17) is 33.2 Å². The van der Waals surface area contributed by atoms with Crippen molar-refractivity contribution in [2.24, 2.45) is 11.8 Å². The minimum absolute atomic E-state index is 0.246. The predicted molar refractivity (Wildman–Crippen MR) is 146 cm³/mol. The summed E-state index contributed by atoms with van der Waals surface area (Å²) in [7, 11) is 0. The lowest BCUT2D eigenvalue weighted by Gasteiger charge is -2.24. The van der Waals surface area contributed by atoms with E-state index in [2.05, 4.69) is 20.2 Å². The van der Waals surface area contributed by atoms with Gasteiger partial charge in [0.1, 0.15) is 11.3 Å². The van der Waals surface area contributed by atoms with Gasteiger partial charge in [0.2, 0.25) is 5.95 Å². The lowest BCUT2D eigenvalue weighted by atomic mass is 9.99. The maximum Gasteiger partial charge on any atom is 0.225 e. The summed E-state index contributed by atoms with van der Waals surface area (Å²) in [6, 6.07) is 7.82. The molecular formula is C28H28Cl2F2N6. The second-order valence-corrected chi connectivity index (χ2v) is 11.2. The van der Waals surface area contributed by atoms with Gasteiger partial charge in [0.15, 0.2) is 17.3 Å². The van der Waals surface area contributed by atoms with Gasteiger partial charge in [0.05, 0.1) is 21.8 Å². The largest absolute Gasteiger partial charge is 0.350 e. The minimum Gasteiger partial charge on any atom is -0.350 e. The van der Waals surface area contributed by atoms with E-state index in [9.17, 15) is 8.78 Å². The molecule has 4 aromatic rings. The van der Waals surface area contributed by atoms with Crippen molar-refractivity contribution in [1.82, 2.24) is 24.8 Å². The van der Waals surface area contributed by atoms with E-state index >= 15 is 0 Å². The molecule has 2 aromatic heterocycles. The van der Waals surface area contributed by atoms with Crippen molar-refractivity contribution in [3.05, 3.63) is 69.3 Å². The van der Waals surface area contributed by atoms with E-state index in [0.29, 0.717) is 56.6 Å². The molecule has 1 saturated heterocycles. The van der Waals surface area contributed by atoms with Gasteiger partial charge in [0, 0.05) is 13.1 Å². The summed E-state index contributed by atoms with van der Waals surface area (Å²) in [5, 5.41) is 7.76. The van der Waals surface area contributed by atoms with Crippen LogP contribution in [0.25, 0.3) is 22.6 Å². The van der Waals surface area contributed by atoms with Crippen molar-refractivity contribution in [1.29, 1.82) is 0 Å². The second-order valence-electron chi connectivity index (χ2n) is 10.3. The Morgan fingerprint density at radius 2 is 1.79 bits per heavy atom. The fraction of sp³-hybridized carbons (Fsp3) is 0.393. The highest BCUT2D eigenvalue weighted by Gasteiger charge is 2.25. The number of rotatable bonds is 8. The molecule has 0 bridgehead atoms. The number of nitrogens with one attached hydrogen (secondary N) is 2. The summed E-state index contributed by atoms with van der Waals surface area (Å²) in [4.78, 5) is 14.1.